The average Bonchev–Trinajstić information content (AvgIpc) is 3.38. The normalized spacial score (nSPS) is 23.9. The van der Waals surface area contributed by atoms with Gasteiger partial charge in [-0.1, -0.05) is 57.7 Å². The summed E-state index contributed by atoms with van der Waals surface area (Å²) in [6.07, 6.45) is 11.6. The van der Waals surface area contributed by atoms with Crippen molar-refractivity contribution in [2.75, 3.05) is 32.8 Å². The number of amides is 2. The van der Waals surface area contributed by atoms with Crippen molar-refractivity contribution in [1.29, 1.82) is 0 Å². The van der Waals surface area contributed by atoms with Crippen LogP contribution >= 0.6 is 0 Å². The zero-order valence-electron chi connectivity index (χ0n) is 26.2. The molecule has 236 valence electrons. The lowest BCUT2D eigenvalue weighted by Gasteiger charge is -2.38. The Hall–Kier alpha value is -2.45. The molecule has 0 aromatic heterocycles. The number of ether oxygens (including phenoxy) is 1. The van der Waals surface area contributed by atoms with Gasteiger partial charge in [0.1, 0.15) is 11.5 Å². The van der Waals surface area contributed by atoms with Crippen molar-refractivity contribution in [3.05, 3.63) is 29.8 Å². The van der Waals surface area contributed by atoms with E-state index in [1.165, 1.54) is 12.0 Å². The SMILES string of the molecule is CC1CCOc2ccccc21.CCCC1CC(CNC=O)N(CC(C(C)=O)C(NC(=O)CCCO)C2CCCCC2)C1. The van der Waals surface area contributed by atoms with Gasteiger partial charge in [-0.05, 0) is 74.8 Å². The van der Waals surface area contributed by atoms with Crippen LogP contribution in [-0.4, -0.2) is 73.0 Å². The highest BCUT2D eigenvalue weighted by molar-refractivity contribution is 5.81. The Morgan fingerprint density at radius 1 is 1.17 bits per heavy atom. The number of carbonyl (C=O) groups is 3. The van der Waals surface area contributed by atoms with Crippen LogP contribution in [0.4, 0.5) is 0 Å². The Balaban J connectivity index is 0.000000363. The van der Waals surface area contributed by atoms with E-state index < -0.39 is 0 Å². The number of ketones is 1. The third-order valence-electron chi connectivity index (χ3n) is 9.44. The fourth-order valence-corrected chi connectivity index (χ4v) is 7.13. The Bertz CT molecular complexity index is 966. The maximum Gasteiger partial charge on any atom is 0.220 e. The minimum Gasteiger partial charge on any atom is -0.493 e. The maximum absolute atomic E-state index is 12.8. The Kier molecular flexibility index (Phi) is 14.8. The zero-order valence-corrected chi connectivity index (χ0v) is 26.2. The van der Waals surface area contributed by atoms with Gasteiger partial charge in [-0.15, -0.1) is 0 Å². The minimum absolute atomic E-state index is 0.00431. The van der Waals surface area contributed by atoms with E-state index in [1.54, 1.807) is 6.92 Å². The predicted octanol–water partition coefficient (Wildman–Crippen LogP) is 4.84. The third kappa shape index (κ3) is 10.4. The number of hydrogen-bond acceptors (Lipinski definition) is 6. The van der Waals surface area contributed by atoms with Crippen LogP contribution in [0.2, 0.25) is 0 Å². The van der Waals surface area contributed by atoms with Crippen LogP contribution in [0.25, 0.3) is 0 Å². The van der Waals surface area contributed by atoms with E-state index >= 15 is 0 Å². The van der Waals surface area contributed by atoms with Gasteiger partial charge < -0.3 is 20.5 Å². The van der Waals surface area contributed by atoms with Crippen molar-refractivity contribution < 1.29 is 24.2 Å². The summed E-state index contributed by atoms with van der Waals surface area (Å²) < 4.78 is 5.49. The summed E-state index contributed by atoms with van der Waals surface area (Å²) in [5.41, 5.74) is 1.36. The number of fused-ring (bicyclic) bond motifs is 1. The largest absolute Gasteiger partial charge is 0.493 e. The van der Waals surface area contributed by atoms with E-state index in [9.17, 15) is 14.4 Å². The van der Waals surface area contributed by atoms with Gasteiger partial charge in [-0.3, -0.25) is 19.3 Å². The quantitative estimate of drug-likeness (QED) is 0.270. The molecule has 0 bridgehead atoms. The molecule has 8 nitrogen and oxygen atoms in total. The molecule has 1 aromatic carbocycles. The topological polar surface area (TPSA) is 108 Å². The summed E-state index contributed by atoms with van der Waals surface area (Å²) in [5.74, 6) is 2.45. The Labute approximate surface area is 253 Å². The highest BCUT2D eigenvalue weighted by Crippen LogP contribution is 2.34. The summed E-state index contributed by atoms with van der Waals surface area (Å²) in [6, 6.07) is 8.37. The Morgan fingerprint density at radius 2 is 1.93 bits per heavy atom. The molecule has 2 aliphatic heterocycles. The lowest BCUT2D eigenvalue weighted by atomic mass is 9.77. The molecule has 1 aromatic rings. The van der Waals surface area contributed by atoms with Gasteiger partial charge in [-0.25, -0.2) is 0 Å². The molecule has 8 heteroatoms. The molecule has 0 radical (unpaired) electrons. The van der Waals surface area contributed by atoms with E-state index in [4.69, 9.17) is 9.84 Å². The maximum atomic E-state index is 12.8. The van der Waals surface area contributed by atoms with Crippen LogP contribution in [0.5, 0.6) is 5.75 Å². The van der Waals surface area contributed by atoms with E-state index in [-0.39, 0.29) is 36.3 Å². The van der Waals surface area contributed by atoms with Crippen LogP contribution in [0.15, 0.2) is 24.3 Å². The molecule has 0 spiro atoms. The molecule has 5 unspecified atom stereocenters. The number of aliphatic hydroxyl groups is 1. The second-order valence-electron chi connectivity index (χ2n) is 12.6. The third-order valence-corrected chi connectivity index (χ3v) is 9.44. The fourth-order valence-electron chi connectivity index (χ4n) is 7.13. The molecule has 5 atom stereocenters. The summed E-state index contributed by atoms with van der Waals surface area (Å²) in [5, 5.41) is 15.1. The lowest BCUT2D eigenvalue weighted by molar-refractivity contribution is -0.126. The number of nitrogens with one attached hydrogen (secondary N) is 2. The average molecular weight is 586 g/mol. The number of rotatable bonds is 14. The molecule has 3 N–H and O–H groups in total. The minimum atomic E-state index is -0.250. The standard InChI is InChI=1S/C24H43N3O4.C10H12O/c1-3-8-19-13-21(14-25-17-29)27(15-19)16-22(18(2)30)24(20-9-5-4-6-10-20)26-23(31)11-7-12-28;1-8-6-7-11-10-5-3-2-4-9(8)10/h17,19-22,24,28H,3-16H2,1-2H3,(H,25,29)(H,26,31);2-5,8H,6-7H2,1H3. The van der Waals surface area contributed by atoms with Crippen molar-refractivity contribution in [2.45, 2.75) is 109 Å². The van der Waals surface area contributed by atoms with Gasteiger partial charge in [0.25, 0.3) is 0 Å². The monoisotopic (exact) mass is 585 g/mol. The van der Waals surface area contributed by atoms with Gasteiger partial charge in [0, 0.05) is 44.7 Å². The van der Waals surface area contributed by atoms with Crippen molar-refractivity contribution in [2.24, 2.45) is 17.8 Å². The number of benzene rings is 1. The molecular weight excluding hydrogens is 530 g/mol. The second-order valence-corrected chi connectivity index (χ2v) is 12.6. The van der Waals surface area contributed by atoms with Crippen molar-refractivity contribution in [1.82, 2.24) is 15.5 Å². The molecule has 42 heavy (non-hydrogen) atoms. The first kappa shape index (κ1) is 34.0. The lowest BCUT2D eigenvalue weighted by Crippen LogP contribution is -2.53. The Morgan fingerprint density at radius 3 is 2.60 bits per heavy atom. The highest BCUT2D eigenvalue weighted by Gasteiger charge is 2.39. The smallest absolute Gasteiger partial charge is 0.220 e. The molecule has 2 heterocycles. The molecule has 1 saturated heterocycles. The van der Waals surface area contributed by atoms with E-state index in [0.717, 1.165) is 76.7 Å². The van der Waals surface area contributed by atoms with Crippen molar-refractivity contribution in [3.8, 4) is 5.75 Å². The summed E-state index contributed by atoms with van der Waals surface area (Å²) in [7, 11) is 0. The van der Waals surface area contributed by atoms with E-state index in [1.807, 2.05) is 12.1 Å². The number of Topliss-reactive ketones (excluding diaryl/α,β-unsaturated/α-hetero) is 1. The number of para-hydroxylation sites is 1. The number of nitrogens with zero attached hydrogens (tertiary/aromatic N) is 1. The van der Waals surface area contributed by atoms with Gasteiger partial charge >= 0.3 is 0 Å². The van der Waals surface area contributed by atoms with E-state index in [2.05, 4.69) is 41.5 Å². The van der Waals surface area contributed by atoms with Crippen molar-refractivity contribution >= 4 is 18.1 Å². The molecular formula is C34H55N3O5. The van der Waals surface area contributed by atoms with Crippen molar-refractivity contribution in [3.63, 3.8) is 0 Å². The van der Waals surface area contributed by atoms with Gasteiger partial charge in [0.15, 0.2) is 0 Å². The molecule has 1 saturated carbocycles. The molecule has 4 rings (SSSR count). The van der Waals surface area contributed by atoms with Gasteiger partial charge in [-0.2, -0.15) is 0 Å². The number of carbonyl (C=O) groups excluding carboxylic acids is 3. The first-order valence-electron chi connectivity index (χ1n) is 16.4. The van der Waals surface area contributed by atoms with Crippen LogP contribution in [0, 0.1) is 17.8 Å². The number of hydrogen-bond donors (Lipinski definition) is 3. The number of aliphatic hydroxyl groups excluding tert-OH is 1. The fraction of sp³-hybridized carbons (Fsp3) is 0.735. The zero-order chi connectivity index (χ0) is 30.3. The molecule has 2 fully saturated rings. The van der Waals surface area contributed by atoms with Crippen LogP contribution < -0.4 is 15.4 Å². The van der Waals surface area contributed by atoms with E-state index in [0.29, 0.717) is 43.7 Å². The number of likely N-dealkylation sites (tertiary alicyclic amines) is 1. The van der Waals surface area contributed by atoms with Gasteiger partial charge in [0.2, 0.25) is 12.3 Å². The van der Waals surface area contributed by atoms with Gasteiger partial charge in [0.05, 0.1) is 12.5 Å². The molecule has 3 aliphatic rings. The van der Waals surface area contributed by atoms with Crippen LogP contribution in [0.3, 0.4) is 0 Å². The highest BCUT2D eigenvalue weighted by atomic mass is 16.5. The summed E-state index contributed by atoms with van der Waals surface area (Å²) >= 11 is 0. The van der Waals surface area contributed by atoms with Crippen LogP contribution in [-0.2, 0) is 14.4 Å². The summed E-state index contributed by atoms with van der Waals surface area (Å²) in [6.45, 7) is 9.14. The van der Waals surface area contributed by atoms with Crippen LogP contribution in [0.1, 0.15) is 103 Å². The first-order chi connectivity index (χ1) is 20.4. The predicted molar refractivity (Wildman–Crippen MR) is 166 cm³/mol. The molecule has 1 aliphatic carbocycles. The second kappa shape index (κ2) is 18.3. The molecule has 2 amide bonds. The summed E-state index contributed by atoms with van der Waals surface area (Å²) in [4.78, 5) is 38.7. The first-order valence-corrected chi connectivity index (χ1v) is 16.4.